The Bertz CT molecular complexity index is 902. The molecule has 0 fully saturated rings. The van der Waals surface area contributed by atoms with E-state index >= 15 is 0 Å². The predicted molar refractivity (Wildman–Crippen MR) is 102 cm³/mol. The van der Waals surface area contributed by atoms with Gasteiger partial charge in [0, 0.05) is 9.92 Å². The van der Waals surface area contributed by atoms with Crippen LogP contribution in [0.5, 0.6) is 0 Å². The van der Waals surface area contributed by atoms with Crippen LogP contribution < -0.4 is 5.32 Å². The summed E-state index contributed by atoms with van der Waals surface area (Å²) in [4.78, 5) is 17.0. The number of aromatic nitrogens is 3. The van der Waals surface area contributed by atoms with E-state index in [1.165, 1.54) is 29.1 Å². The molecule has 3 aromatic rings. The molecule has 3 rings (SSSR count). The van der Waals surface area contributed by atoms with Crippen LogP contribution in [0.25, 0.3) is 5.69 Å². The number of nitrogens with zero attached hydrogens (tertiary/aromatic N) is 3. The highest BCUT2D eigenvalue weighted by Crippen LogP contribution is 2.31. The topological polar surface area (TPSA) is 59.8 Å². The van der Waals surface area contributed by atoms with Crippen molar-refractivity contribution in [2.75, 3.05) is 11.1 Å². The third-order valence-electron chi connectivity index (χ3n) is 3.16. The number of thioether (sulfide) groups is 1. The predicted octanol–water partition coefficient (Wildman–Crippen LogP) is 4.96. The molecule has 1 N–H and O–H groups in total. The average Bonchev–Trinajstić information content (AvgIpc) is 3.10. The summed E-state index contributed by atoms with van der Waals surface area (Å²) in [5.74, 6) is -0.0340. The Morgan fingerprint density at radius 2 is 2.00 bits per heavy atom. The lowest BCUT2D eigenvalue weighted by molar-refractivity contribution is -0.113. The van der Waals surface area contributed by atoms with Gasteiger partial charge < -0.3 is 5.32 Å². The molecule has 1 amide bonds. The fraction of sp³-hybridized carbons (Fsp3) is 0.0625. The quantitative estimate of drug-likeness (QED) is 0.601. The number of hydrogen-bond donors (Lipinski definition) is 1. The largest absolute Gasteiger partial charge is 0.323 e. The molecule has 0 atom stereocenters. The maximum absolute atomic E-state index is 12.3. The molecular weight excluding hydrogens is 403 g/mol. The van der Waals surface area contributed by atoms with Crippen LogP contribution in [0.15, 0.2) is 53.9 Å². The minimum Gasteiger partial charge on any atom is -0.323 e. The van der Waals surface area contributed by atoms with Crippen molar-refractivity contribution in [1.29, 1.82) is 0 Å². The molecule has 128 valence electrons. The molecule has 0 saturated carbocycles. The molecule has 0 saturated heterocycles. The number of nitrogens with one attached hydrogen (secondary N) is 1. The number of halogens is 3. The second-order valence-electron chi connectivity index (χ2n) is 4.89. The summed E-state index contributed by atoms with van der Waals surface area (Å²) in [6.45, 7) is 0. The number of rotatable bonds is 5. The van der Waals surface area contributed by atoms with Gasteiger partial charge in [-0.05, 0) is 30.3 Å². The monoisotopic (exact) mass is 412 g/mol. The van der Waals surface area contributed by atoms with Gasteiger partial charge in [-0.25, -0.2) is 9.67 Å². The molecular formula is C16H11Cl3N4OS. The smallest absolute Gasteiger partial charge is 0.234 e. The van der Waals surface area contributed by atoms with E-state index in [0.29, 0.717) is 26.4 Å². The summed E-state index contributed by atoms with van der Waals surface area (Å²) in [7, 11) is 0. The third-order valence-corrected chi connectivity index (χ3v) is 5.20. The van der Waals surface area contributed by atoms with E-state index in [9.17, 15) is 4.79 Å². The summed E-state index contributed by atoms with van der Waals surface area (Å²) in [6.07, 6.45) is 2.91. The summed E-state index contributed by atoms with van der Waals surface area (Å²) in [5, 5.41) is 8.47. The molecule has 1 heterocycles. The van der Waals surface area contributed by atoms with Crippen molar-refractivity contribution in [3.8, 4) is 5.69 Å². The molecule has 0 aliphatic carbocycles. The van der Waals surface area contributed by atoms with Gasteiger partial charge in [-0.3, -0.25) is 4.79 Å². The van der Waals surface area contributed by atoms with Crippen LogP contribution in [0.1, 0.15) is 0 Å². The maximum Gasteiger partial charge on any atom is 0.234 e. The Morgan fingerprint density at radius 3 is 2.76 bits per heavy atom. The van der Waals surface area contributed by atoms with Gasteiger partial charge in [-0.2, -0.15) is 5.10 Å². The fourth-order valence-electron chi connectivity index (χ4n) is 2.09. The molecule has 1 aromatic heterocycles. The molecule has 25 heavy (non-hydrogen) atoms. The zero-order valence-corrected chi connectivity index (χ0v) is 15.7. The Morgan fingerprint density at radius 1 is 1.16 bits per heavy atom. The normalized spacial score (nSPS) is 10.7. The van der Waals surface area contributed by atoms with E-state index in [1.807, 2.05) is 0 Å². The lowest BCUT2D eigenvalue weighted by Crippen LogP contribution is -2.16. The van der Waals surface area contributed by atoms with Crippen molar-refractivity contribution in [3.05, 3.63) is 64.1 Å². The molecule has 0 unspecified atom stereocenters. The fourth-order valence-corrected chi connectivity index (χ4v) is 3.64. The SMILES string of the molecule is O=C(CSc1cc(Cl)ccc1Cl)Nc1cccc(Cl)c1-n1cncn1. The second-order valence-corrected chi connectivity index (χ2v) is 7.16. The summed E-state index contributed by atoms with van der Waals surface area (Å²) in [6, 6.07) is 10.3. The lowest BCUT2D eigenvalue weighted by Gasteiger charge is -2.12. The summed E-state index contributed by atoms with van der Waals surface area (Å²) >= 11 is 19.6. The highest BCUT2D eigenvalue weighted by atomic mass is 35.5. The van der Waals surface area contributed by atoms with Gasteiger partial charge in [0.2, 0.25) is 5.91 Å². The number of hydrogen-bond acceptors (Lipinski definition) is 4. The maximum atomic E-state index is 12.3. The first-order valence-corrected chi connectivity index (χ1v) is 9.18. The molecule has 9 heteroatoms. The van der Waals surface area contributed by atoms with Crippen LogP contribution in [0.4, 0.5) is 5.69 Å². The van der Waals surface area contributed by atoms with Gasteiger partial charge in [-0.1, -0.05) is 40.9 Å². The summed E-state index contributed by atoms with van der Waals surface area (Å²) in [5.41, 5.74) is 1.10. The van der Waals surface area contributed by atoms with Gasteiger partial charge in [0.25, 0.3) is 0 Å². The molecule has 5 nitrogen and oxygen atoms in total. The van der Waals surface area contributed by atoms with Gasteiger partial charge in [0.1, 0.15) is 18.3 Å². The third kappa shape index (κ3) is 4.46. The molecule has 0 aliphatic heterocycles. The first-order chi connectivity index (χ1) is 12.0. The van der Waals surface area contributed by atoms with Crippen LogP contribution >= 0.6 is 46.6 Å². The highest BCUT2D eigenvalue weighted by molar-refractivity contribution is 8.00. The standard InChI is InChI=1S/C16H11Cl3N4OS/c17-10-4-5-11(18)14(6-10)25-7-15(24)22-13-3-1-2-12(19)16(13)23-9-20-8-21-23/h1-6,8-9H,7H2,(H,22,24). The molecule has 2 aromatic carbocycles. The van der Waals surface area contributed by atoms with Crippen LogP contribution in [-0.4, -0.2) is 26.4 Å². The van der Waals surface area contributed by atoms with Gasteiger partial charge in [-0.15, -0.1) is 11.8 Å². The second kappa shape index (κ2) is 8.10. The first kappa shape index (κ1) is 18.1. The number of carbonyl (C=O) groups is 1. The zero-order chi connectivity index (χ0) is 17.8. The van der Waals surface area contributed by atoms with E-state index in [2.05, 4.69) is 15.4 Å². The van der Waals surface area contributed by atoms with E-state index in [0.717, 1.165) is 4.90 Å². The van der Waals surface area contributed by atoms with E-state index < -0.39 is 0 Å². The van der Waals surface area contributed by atoms with Crippen molar-refractivity contribution in [2.45, 2.75) is 4.90 Å². The van der Waals surface area contributed by atoms with Crippen molar-refractivity contribution in [3.63, 3.8) is 0 Å². The number of para-hydroxylation sites is 1. The van der Waals surface area contributed by atoms with Crippen LogP contribution in [0, 0.1) is 0 Å². The Kier molecular flexibility index (Phi) is 5.86. The van der Waals surface area contributed by atoms with Crippen molar-refractivity contribution in [2.24, 2.45) is 0 Å². The Labute approximate surface area is 163 Å². The number of amides is 1. The molecule has 0 spiro atoms. The van der Waals surface area contributed by atoms with Crippen LogP contribution in [0.2, 0.25) is 15.1 Å². The number of carbonyl (C=O) groups excluding carboxylic acids is 1. The van der Waals surface area contributed by atoms with Crippen LogP contribution in [-0.2, 0) is 4.79 Å². The van der Waals surface area contributed by atoms with Gasteiger partial charge in [0.05, 0.1) is 21.5 Å². The summed E-state index contributed by atoms with van der Waals surface area (Å²) < 4.78 is 1.50. The van der Waals surface area contributed by atoms with E-state index in [4.69, 9.17) is 34.8 Å². The van der Waals surface area contributed by atoms with Crippen molar-refractivity contribution < 1.29 is 4.79 Å². The van der Waals surface area contributed by atoms with Crippen LogP contribution in [0.3, 0.4) is 0 Å². The van der Waals surface area contributed by atoms with Crippen molar-refractivity contribution in [1.82, 2.24) is 14.8 Å². The van der Waals surface area contributed by atoms with E-state index in [1.54, 1.807) is 36.4 Å². The van der Waals surface area contributed by atoms with Crippen molar-refractivity contribution >= 4 is 58.2 Å². The average molecular weight is 414 g/mol. The molecule has 0 radical (unpaired) electrons. The minimum absolute atomic E-state index is 0.170. The Balaban J connectivity index is 1.74. The number of anilines is 1. The molecule has 0 aliphatic rings. The minimum atomic E-state index is -0.204. The zero-order valence-electron chi connectivity index (χ0n) is 12.6. The van der Waals surface area contributed by atoms with Gasteiger partial charge >= 0.3 is 0 Å². The number of benzene rings is 2. The van der Waals surface area contributed by atoms with Gasteiger partial charge in [0.15, 0.2) is 0 Å². The lowest BCUT2D eigenvalue weighted by atomic mass is 10.2. The highest BCUT2D eigenvalue weighted by Gasteiger charge is 2.13. The molecule has 0 bridgehead atoms. The Hall–Kier alpha value is -1.73. The van der Waals surface area contributed by atoms with E-state index in [-0.39, 0.29) is 11.7 Å². The first-order valence-electron chi connectivity index (χ1n) is 7.06.